The number of benzene rings is 1. The van der Waals surface area contributed by atoms with E-state index in [2.05, 4.69) is 53.2 Å². The van der Waals surface area contributed by atoms with E-state index in [0.717, 1.165) is 39.5 Å². The van der Waals surface area contributed by atoms with E-state index in [9.17, 15) is 0 Å². The molecular formula is C15H19BrClN3. The largest absolute Gasteiger partial charge is 0.379 e. The van der Waals surface area contributed by atoms with E-state index in [0.29, 0.717) is 6.54 Å². The molecule has 2 aromatic rings. The Morgan fingerprint density at radius 1 is 1.35 bits per heavy atom. The highest BCUT2D eigenvalue weighted by atomic mass is 79.9. The van der Waals surface area contributed by atoms with Gasteiger partial charge in [0.15, 0.2) is 0 Å². The van der Waals surface area contributed by atoms with Gasteiger partial charge >= 0.3 is 0 Å². The zero-order chi connectivity index (χ0) is 14.7. The maximum absolute atomic E-state index is 6.41. The molecule has 0 fully saturated rings. The van der Waals surface area contributed by atoms with Gasteiger partial charge in [0, 0.05) is 16.7 Å². The van der Waals surface area contributed by atoms with Crippen LogP contribution in [0.2, 0.25) is 5.02 Å². The van der Waals surface area contributed by atoms with E-state index in [-0.39, 0.29) is 0 Å². The Bertz CT molecular complexity index is 607. The van der Waals surface area contributed by atoms with Gasteiger partial charge in [-0.2, -0.15) is 5.10 Å². The molecule has 20 heavy (non-hydrogen) atoms. The van der Waals surface area contributed by atoms with Crippen molar-refractivity contribution < 1.29 is 0 Å². The lowest BCUT2D eigenvalue weighted by molar-refractivity contribution is 0.619. The van der Waals surface area contributed by atoms with Gasteiger partial charge in [-0.25, -0.2) is 0 Å². The fourth-order valence-electron chi connectivity index (χ4n) is 2.16. The average Bonchev–Trinajstić information content (AvgIpc) is 2.76. The predicted molar refractivity (Wildman–Crippen MR) is 88.5 cm³/mol. The van der Waals surface area contributed by atoms with Crippen molar-refractivity contribution in [3.05, 3.63) is 44.6 Å². The molecule has 0 bridgehead atoms. The van der Waals surface area contributed by atoms with Crippen LogP contribution < -0.4 is 5.32 Å². The van der Waals surface area contributed by atoms with Gasteiger partial charge in [0.05, 0.1) is 23.0 Å². The van der Waals surface area contributed by atoms with Gasteiger partial charge in [-0.15, -0.1) is 0 Å². The summed E-state index contributed by atoms with van der Waals surface area (Å²) in [6, 6.07) is 6.13. The lowest BCUT2D eigenvalue weighted by Crippen LogP contribution is -2.09. The second-order valence-electron chi connectivity index (χ2n) is 4.64. The summed E-state index contributed by atoms with van der Waals surface area (Å²) in [5.74, 6) is 0. The fraction of sp³-hybridized carbons (Fsp3) is 0.400. The maximum atomic E-state index is 6.41. The van der Waals surface area contributed by atoms with Crippen LogP contribution in [0.25, 0.3) is 0 Å². The molecule has 0 aliphatic heterocycles. The number of nitrogens with one attached hydrogen (secondary N) is 1. The number of aryl methyl sites for hydroxylation is 2. The van der Waals surface area contributed by atoms with Gasteiger partial charge in [-0.1, -0.05) is 40.5 Å². The number of anilines is 1. The maximum Gasteiger partial charge on any atom is 0.0868 e. The highest BCUT2D eigenvalue weighted by Gasteiger charge is 2.14. The van der Waals surface area contributed by atoms with Crippen molar-refractivity contribution in [2.75, 3.05) is 5.32 Å². The first-order valence-electron chi connectivity index (χ1n) is 6.81. The Morgan fingerprint density at radius 3 is 2.75 bits per heavy atom. The normalized spacial score (nSPS) is 10.8. The van der Waals surface area contributed by atoms with Gasteiger partial charge in [0.1, 0.15) is 0 Å². The number of hydrogen-bond donors (Lipinski definition) is 1. The fourth-order valence-corrected chi connectivity index (χ4v) is 2.87. The molecule has 1 aromatic carbocycles. The summed E-state index contributed by atoms with van der Waals surface area (Å²) < 4.78 is 3.08. The van der Waals surface area contributed by atoms with Gasteiger partial charge in [0.2, 0.25) is 0 Å². The second kappa shape index (κ2) is 6.64. The number of aromatic nitrogens is 2. The van der Waals surface area contributed by atoms with E-state index in [1.807, 2.05) is 16.8 Å². The Labute approximate surface area is 133 Å². The molecule has 1 N–H and O–H groups in total. The minimum Gasteiger partial charge on any atom is -0.379 e. The predicted octanol–water partition coefficient (Wildman–Crippen LogP) is 4.80. The van der Waals surface area contributed by atoms with Crippen molar-refractivity contribution in [3.63, 3.8) is 0 Å². The molecule has 108 valence electrons. The van der Waals surface area contributed by atoms with Crippen molar-refractivity contribution in [1.82, 2.24) is 9.78 Å². The first kappa shape index (κ1) is 15.4. The average molecular weight is 357 g/mol. The van der Waals surface area contributed by atoms with Crippen LogP contribution in [0.4, 0.5) is 5.69 Å². The Hall–Kier alpha value is -1.000. The van der Waals surface area contributed by atoms with Crippen LogP contribution >= 0.6 is 27.5 Å². The molecule has 0 saturated carbocycles. The monoisotopic (exact) mass is 355 g/mol. The minimum absolute atomic E-state index is 0.678. The number of nitrogens with zero attached hydrogens (tertiary/aromatic N) is 2. The molecule has 0 amide bonds. The molecule has 2 rings (SSSR count). The summed E-state index contributed by atoms with van der Waals surface area (Å²) >= 11 is 9.96. The Kier molecular flexibility index (Phi) is 5.11. The quantitative estimate of drug-likeness (QED) is 0.834. The summed E-state index contributed by atoms with van der Waals surface area (Å²) in [6.45, 7) is 7.74. The summed E-state index contributed by atoms with van der Waals surface area (Å²) in [5.41, 5.74) is 4.32. The molecule has 1 aromatic heterocycles. The first-order chi connectivity index (χ1) is 9.58. The lowest BCUT2D eigenvalue weighted by Gasteiger charge is -2.12. The van der Waals surface area contributed by atoms with Crippen molar-refractivity contribution in [2.45, 2.75) is 40.3 Å². The zero-order valence-corrected chi connectivity index (χ0v) is 14.3. The standard InChI is InChI=1S/C15H19BrClN3/c1-4-12-15(17)14(20(5-2)19-12)9-18-13-8-6-7-11(16)10(13)3/h6-8,18H,4-5,9H2,1-3H3. The molecule has 0 aliphatic carbocycles. The van der Waals surface area contributed by atoms with Crippen LogP contribution in [0.3, 0.4) is 0 Å². The molecule has 0 radical (unpaired) electrons. The number of rotatable bonds is 5. The first-order valence-corrected chi connectivity index (χ1v) is 7.98. The van der Waals surface area contributed by atoms with E-state index < -0.39 is 0 Å². The molecule has 0 aliphatic rings. The van der Waals surface area contributed by atoms with Crippen molar-refractivity contribution in [1.29, 1.82) is 0 Å². The van der Waals surface area contributed by atoms with Crippen LogP contribution in [0.15, 0.2) is 22.7 Å². The zero-order valence-electron chi connectivity index (χ0n) is 12.0. The molecule has 0 unspecified atom stereocenters. The SMILES string of the molecule is CCc1nn(CC)c(CNc2cccc(Br)c2C)c1Cl. The molecule has 1 heterocycles. The van der Waals surface area contributed by atoms with Crippen LogP contribution in [0, 0.1) is 6.92 Å². The highest BCUT2D eigenvalue weighted by molar-refractivity contribution is 9.10. The van der Waals surface area contributed by atoms with Crippen molar-refractivity contribution >= 4 is 33.2 Å². The molecule has 0 spiro atoms. The van der Waals surface area contributed by atoms with Crippen LogP contribution in [-0.2, 0) is 19.5 Å². The summed E-state index contributed by atoms with van der Waals surface area (Å²) in [4.78, 5) is 0. The van der Waals surface area contributed by atoms with Crippen LogP contribution in [0.5, 0.6) is 0 Å². The van der Waals surface area contributed by atoms with E-state index >= 15 is 0 Å². The van der Waals surface area contributed by atoms with Crippen LogP contribution in [-0.4, -0.2) is 9.78 Å². The van der Waals surface area contributed by atoms with Crippen molar-refractivity contribution in [2.24, 2.45) is 0 Å². The van der Waals surface area contributed by atoms with Gasteiger partial charge in [-0.3, -0.25) is 4.68 Å². The summed E-state index contributed by atoms with van der Waals surface area (Å²) in [6.07, 6.45) is 0.856. The summed E-state index contributed by atoms with van der Waals surface area (Å²) in [7, 11) is 0. The Morgan fingerprint density at radius 2 is 2.10 bits per heavy atom. The lowest BCUT2D eigenvalue weighted by atomic mass is 10.2. The van der Waals surface area contributed by atoms with Gasteiger partial charge in [-0.05, 0) is 38.0 Å². The van der Waals surface area contributed by atoms with E-state index in [1.54, 1.807) is 0 Å². The number of halogens is 2. The second-order valence-corrected chi connectivity index (χ2v) is 5.87. The Balaban J connectivity index is 2.22. The van der Waals surface area contributed by atoms with E-state index in [4.69, 9.17) is 11.6 Å². The third-order valence-corrected chi connectivity index (χ3v) is 4.70. The minimum atomic E-state index is 0.678. The van der Waals surface area contributed by atoms with Crippen LogP contribution in [0.1, 0.15) is 30.8 Å². The smallest absolute Gasteiger partial charge is 0.0868 e. The molecule has 0 saturated heterocycles. The van der Waals surface area contributed by atoms with Gasteiger partial charge in [0.25, 0.3) is 0 Å². The number of hydrogen-bond acceptors (Lipinski definition) is 2. The molecular weight excluding hydrogens is 338 g/mol. The molecule has 0 atom stereocenters. The van der Waals surface area contributed by atoms with Gasteiger partial charge < -0.3 is 5.32 Å². The highest BCUT2D eigenvalue weighted by Crippen LogP contribution is 2.26. The third-order valence-electron chi connectivity index (χ3n) is 3.41. The van der Waals surface area contributed by atoms with Crippen molar-refractivity contribution in [3.8, 4) is 0 Å². The topological polar surface area (TPSA) is 29.9 Å². The summed E-state index contributed by atoms with van der Waals surface area (Å²) in [5, 5.41) is 8.77. The molecule has 3 nitrogen and oxygen atoms in total. The molecule has 5 heteroatoms. The third kappa shape index (κ3) is 3.01. The van der Waals surface area contributed by atoms with E-state index in [1.165, 1.54) is 5.56 Å².